The average molecular weight is 433 g/mol. The van der Waals surface area contributed by atoms with Gasteiger partial charge in [-0.25, -0.2) is 0 Å². The van der Waals surface area contributed by atoms with E-state index in [-0.39, 0.29) is 34.1 Å². The molecule has 5 saturated carbocycles. The second-order valence-corrected chi connectivity index (χ2v) is 12.3. The Balaban J connectivity index is 1.38. The van der Waals surface area contributed by atoms with Crippen molar-refractivity contribution in [2.24, 2.45) is 45.8 Å². The summed E-state index contributed by atoms with van der Waals surface area (Å²) in [5.41, 5.74) is 0.434. The number of allylic oxidation sites excluding steroid dienone is 2. The number of ketones is 1. The smallest absolute Gasteiger partial charge is 0.141 e. The predicted octanol–water partition coefficient (Wildman–Crippen LogP) is 4.97. The minimum atomic E-state index is -0.997. The van der Waals surface area contributed by atoms with Gasteiger partial charge in [0.2, 0.25) is 0 Å². The van der Waals surface area contributed by atoms with Crippen LogP contribution in [-0.2, 0) is 16.0 Å². The van der Waals surface area contributed by atoms with E-state index >= 15 is 0 Å². The lowest BCUT2D eigenvalue weighted by Gasteiger charge is -2.59. The lowest BCUT2D eigenvalue weighted by molar-refractivity contribution is -0.193. The van der Waals surface area contributed by atoms with Crippen molar-refractivity contribution in [2.45, 2.75) is 70.0 Å². The maximum absolute atomic E-state index is 13.4. The second kappa shape index (κ2) is 6.16. The van der Waals surface area contributed by atoms with Gasteiger partial charge in [0.15, 0.2) is 0 Å². The number of benzene rings is 1. The molecule has 6 aliphatic rings. The van der Waals surface area contributed by atoms with Crippen LogP contribution in [0.5, 0.6) is 0 Å². The highest BCUT2D eigenvalue weighted by atomic mass is 16.5. The molecule has 170 valence electrons. The number of hydrogen-bond donors (Lipinski definition) is 1. The molecule has 0 aliphatic heterocycles. The number of fused-ring (bicyclic) bond motifs is 1. The Hall–Kier alpha value is -1.45. The van der Waals surface area contributed by atoms with Crippen molar-refractivity contribution in [1.82, 2.24) is 0 Å². The standard InChI is InChI=1S/C29H36O3/c1-26-24-20-11-14-27(26)13-10-19(15-18-7-4-3-5-8-18)21(27)9-6-12-28(26,17-20)29(31)23(32-2)16-22(30)25(24)29/h3-9,19-21,23-25,31H,10-17H2,1-2H3. The molecule has 1 spiro atoms. The summed E-state index contributed by atoms with van der Waals surface area (Å²) >= 11 is 0. The summed E-state index contributed by atoms with van der Waals surface area (Å²) in [6, 6.07) is 11.0. The molecule has 10 unspecified atom stereocenters. The number of Topliss-reactive ketones (excluding diaryl/α,β-unsaturated/α-hetero) is 1. The first-order valence-corrected chi connectivity index (χ1v) is 12.9. The van der Waals surface area contributed by atoms with Gasteiger partial charge >= 0.3 is 0 Å². The molecule has 0 heterocycles. The summed E-state index contributed by atoms with van der Waals surface area (Å²) < 4.78 is 5.89. The SMILES string of the molecule is COC1CC(=O)C2C3C4CCC56CCC(Cc7ccccc7)C5C=CCC(C4)(C12O)C36C. The highest BCUT2D eigenvalue weighted by molar-refractivity contribution is 5.88. The zero-order chi connectivity index (χ0) is 21.9. The van der Waals surface area contributed by atoms with E-state index in [9.17, 15) is 9.90 Å². The van der Waals surface area contributed by atoms with Crippen LogP contribution in [0.15, 0.2) is 42.5 Å². The molecule has 1 N–H and O–H groups in total. The van der Waals surface area contributed by atoms with Crippen LogP contribution in [0.25, 0.3) is 0 Å². The number of methoxy groups -OCH3 is 1. The van der Waals surface area contributed by atoms with Gasteiger partial charge in [0.05, 0.1) is 12.0 Å². The monoisotopic (exact) mass is 432 g/mol. The molecular weight excluding hydrogens is 396 g/mol. The normalized spacial score (nSPS) is 54.5. The highest BCUT2D eigenvalue weighted by Crippen LogP contribution is 2.88. The number of rotatable bonds is 3. The van der Waals surface area contributed by atoms with Crippen LogP contribution in [0.3, 0.4) is 0 Å². The molecule has 3 nitrogen and oxygen atoms in total. The Morgan fingerprint density at radius 3 is 2.72 bits per heavy atom. The molecule has 1 aromatic rings. The predicted molar refractivity (Wildman–Crippen MR) is 123 cm³/mol. The minimum Gasteiger partial charge on any atom is -0.386 e. The van der Waals surface area contributed by atoms with Crippen LogP contribution in [0.4, 0.5) is 0 Å². The summed E-state index contributed by atoms with van der Waals surface area (Å²) in [6.45, 7) is 2.53. The van der Waals surface area contributed by atoms with Crippen molar-refractivity contribution < 1.29 is 14.6 Å². The molecule has 32 heavy (non-hydrogen) atoms. The number of carbonyl (C=O) groups excluding carboxylic acids is 1. The fourth-order valence-electron chi connectivity index (χ4n) is 11.3. The lowest BCUT2D eigenvalue weighted by atomic mass is 9.45. The van der Waals surface area contributed by atoms with E-state index in [2.05, 4.69) is 49.4 Å². The van der Waals surface area contributed by atoms with Crippen LogP contribution < -0.4 is 0 Å². The van der Waals surface area contributed by atoms with E-state index in [1.807, 2.05) is 0 Å². The maximum atomic E-state index is 13.4. The third kappa shape index (κ3) is 1.87. The van der Waals surface area contributed by atoms with Crippen molar-refractivity contribution >= 4 is 5.78 Å². The second-order valence-electron chi connectivity index (χ2n) is 12.3. The van der Waals surface area contributed by atoms with Gasteiger partial charge in [0.1, 0.15) is 11.4 Å². The zero-order valence-electron chi connectivity index (χ0n) is 19.4. The van der Waals surface area contributed by atoms with Crippen LogP contribution in [0, 0.1) is 45.8 Å². The van der Waals surface area contributed by atoms with E-state index in [1.165, 1.54) is 31.2 Å². The van der Waals surface area contributed by atoms with Gasteiger partial charge in [0.25, 0.3) is 0 Å². The molecule has 7 rings (SSSR count). The van der Waals surface area contributed by atoms with Gasteiger partial charge in [-0.2, -0.15) is 0 Å². The van der Waals surface area contributed by atoms with Gasteiger partial charge in [0, 0.05) is 18.9 Å². The van der Waals surface area contributed by atoms with Crippen molar-refractivity contribution in [3.8, 4) is 0 Å². The minimum absolute atomic E-state index is 0.00873. The van der Waals surface area contributed by atoms with E-state index in [0.717, 1.165) is 19.3 Å². The summed E-state index contributed by atoms with van der Waals surface area (Å²) in [5, 5.41) is 12.5. The molecule has 0 radical (unpaired) electrons. The molecule has 6 aliphatic carbocycles. The Bertz CT molecular complexity index is 1000. The number of aliphatic hydroxyl groups is 1. The van der Waals surface area contributed by atoms with Gasteiger partial charge in [-0.05, 0) is 85.0 Å². The number of carbonyl (C=O) groups is 1. The van der Waals surface area contributed by atoms with Crippen molar-refractivity contribution in [1.29, 1.82) is 0 Å². The molecule has 0 amide bonds. The molecule has 4 bridgehead atoms. The molecule has 1 aromatic carbocycles. The van der Waals surface area contributed by atoms with Gasteiger partial charge < -0.3 is 9.84 Å². The summed E-state index contributed by atoms with van der Waals surface area (Å²) in [5.74, 6) is 2.19. The van der Waals surface area contributed by atoms with Gasteiger partial charge in [-0.1, -0.05) is 49.4 Å². The van der Waals surface area contributed by atoms with Crippen LogP contribution >= 0.6 is 0 Å². The quantitative estimate of drug-likeness (QED) is 0.686. The fraction of sp³-hybridized carbons (Fsp3) is 0.690. The molecular formula is C29H36O3. The first kappa shape index (κ1) is 20.0. The Kier molecular flexibility index (Phi) is 3.84. The number of ether oxygens (including phenoxy) is 1. The Labute approximate surface area is 191 Å². The summed E-state index contributed by atoms with van der Waals surface area (Å²) in [7, 11) is 1.70. The topological polar surface area (TPSA) is 46.5 Å². The van der Waals surface area contributed by atoms with Gasteiger partial charge in [-0.3, -0.25) is 4.79 Å². The van der Waals surface area contributed by atoms with E-state index < -0.39 is 5.60 Å². The molecule has 5 fully saturated rings. The van der Waals surface area contributed by atoms with E-state index in [1.54, 1.807) is 7.11 Å². The van der Waals surface area contributed by atoms with Crippen LogP contribution in [0.1, 0.15) is 57.4 Å². The van der Waals surface area contributed by atoms with E-state index in [0.29, 0.717) is 30.1 Å². The molecule has 10 atom stereocenters. The highest BCUT2D eigenvalue weighted by Gasteiger charge is 2.89. The molecule has 0 saturated heterocycles. The average Bonchev–Trinajstić information content (AvgIpc) is 3.36. The third-order valence-corrected chi connectivity index (χ3v) is 12.1. The van der Waals surface area contributed by atoms with Crippen LogP contribution in [0.2, 0.25) is 0 Å². The summed E-state index contributed by atoms with van der Waals surface area (Å²) in [6.07, 6.45) is 13.2. The lowest BCUT2D eigenvalue weighted by Crippen LogP contribution is -2.60. The molecule has 0 aromatic heterocycles. The maximum Gasteiger partial charge on any atom is 0.141 e. The van der Waals surface area contributed by atoms with Crippen molar-refractivity contribution in [2.75, 3.05) is 7.11 Å². The van der Waals surface area contributed by atoms with Gasteiger partial charge in [-0.15, -0.1) is 0 Å². The first-order chi connectivity index (χ1) is 15.4. The summed E-state index contributed by atoms with van der Waals surface area (Å²) in [4.78, 5) is 13.4. The largest absolute Gasteiger partial charge is 0.386 e. The fourth-order valence-corrected chi connectivity index (χ4v) is 11.3. The molecule has 3 heteroatoms. The Morgan fingerprint density at radius 2 is 1.94 bits per heavy atom. The number of hydrogen-bond acceptors (Lipinski definition) is 3. The van der Waals surface area contributed by atoms with Crippen molar-refractivity contribution in [3.05, 3.63) is 48.0 Å². The van der Waals surface area contributed by atoms with Crippen molar-refractivity contribution in [3.63, 3.8) is 0 Å². The Morgan fingerprint density at radius 1 is 1.16 bits per heavy atom. The third-order valence-electron chi connectivity index (χ3n) is 12.1. The zero-order valence-corrected chi connectivity index (χ0v) is 19.4. The van der Waals surface area contributed by atoms with E-state index in [4.69, 9.17) is 4.74 Å². The van der Waals surface area contributed by atoms with Crippen LogP contribution in [-0.4, -0.2) is 29.7 Å². The first-order valence-electron chi connectivity index (χ1n) is 12.9.